The van der Waals surface area contributed by atoms with Crippen LogP contribution in [0.5, 0.6) is 5.75 Å². The second kappa shape index (κ2) is 5.48. The molecule has 5 heteroatoms. The number of carbonyl (C=O) groups excluding carboxylic acids is 1. The Balaban J connectivity index is 2.04. The minimum absolute atomic E-state index is 0.0272. The highest BCUT2D eigenvalue weighted by atomic mass is 19.1. The Morgan fingerprint density at radius 1 is 1.16 bits per heavy atom. The summed E-state index contributed by atoms with van der Waals surface area (Å²) in [6, 6.07) is 8.95. The van der Waals surface area contributed by atoms with Gasteiger partial charge >= 0.3 is 0 Å². The first-order valence-electron chi connectivity index (χ1n) is 5.57. The van der Waals surface area contributed by atoms with Crippen LogP contribution in [0.4, 0.5) is 8.78 Å². The summed E-state index contributed by atoms with van der Waals surface area (Å²) in [5.41, 5.74) is 0.456. The average molecular weight is 263 g/mol. The van der Waals surface area contributed by atoms with Gasteiger partial charge in [-0.05, 0) is 24.3 Å². The summed E-state index contributed by atoms with van der Waals surface area (Å²) in [7, 11) is 0. The minimum Gasteiger partial charge on any atom is -0.508 e. The van der Waals surface area contributed by atoms with Crippen LogP contribution < -0.4 is 5.32 Å². The molecule has 1 amide bonds. The molecule has 0 spiro atoms. The van der Waals surface area contributed by atoms with Crippen LogP contribution in [0.3, 0.4) is 0 Å². The van der Waals surface area contributed by atoms with Gasteiger partial charge in [0, 0.05) is 23.7 Å². The van der Waals surface area contributed by atoms with Gasteiger partial charge in [-0.3, -0.25) is 4.79 Å². The number of halogens is 2. The fraction of sp³-hybridized carbons (Fsp3) is 0.0714. The molecule has 2 rings (SSSR count). The molecule has 0 radical (unpaired) electrons. The minimum atomic E-state index is -0.712. The first kappa shape index (κ1) is 13.0. The van der Waals surface area contributed by atoms with Crippen molar-refractivity contribution >= 4 is 5.91 Å². The molecule has 0 aliphatic rings. The lowest BCUT2D eigenvalue weighted by Crippen LogP contribution is -2.23. The summed E-state index contributed by atoms with van der Waals surface area (Å²) < 4.78 is 26.0. The number of aromatic hydroxyl groups is 1. The molecule has 19 heavy (non-hydrogen) atoms. The van der Waals surface area contributed by atoms with E-state index >= 15 is 0 Å². The second-order valence-corrected chi connectivity index (χ2v) is 3.97. The van der Waals surface area contributed by atoms with Crippen LogP contribution in [0.25, 0.3) is 0 Å². The number of nitrogens with one attached hydrogen (secondary N) is 1. The van der Waals surface area contributed by atoms with Crippen LogP contribution in [0.2, 0.25) is 0 Å². The van der Waals surface area contributed by atoms with Gasteiger partial charge in [0.2, 0.25) is 0 Å². The number of phenolic OH excluding ortho intramolecular Hbond substituents is 1. The molecular weight excluding hydrogens is 252 g/mol. The van der Waals surface area contributed by atoms with Crippen LogP contribution in [0.1, 0.15) is 15.9 Å². The quantitative estimate of drug-likeness (QED) is 0.894. The first-order valence-corrected chi connectivity index (χ1v) is 5.57. The zero-order valence-electron chi connectivity index (χ0n) is 9.86. The van der Waals surface area contributed by atoms with Crippen molar-refractivity contribution in [1.82, 2.24) is 5.32 Å². The van der Waals surface area contributed by atoms with E-state index in [4.69, 9.17) is 0 Å². The molecule has 0 saturated carbocycles. The van der Waals surface area contributed by atoms with Crippen molar-refractivity contribution in [3.05, 3.63) is 65.2 Å². The molecule has 2 aromatic rings. The normalized spacial score (nSPS) is 10.2. The Labute approximate surface area is 108 Å². The molecule has 2 N–H and O–H groups in total. The molecule has 0 saturated heterocycles. The van der Waals surface area contributed by atoms with Crippen molar-refractivity contribution in [1.29, 1.82) is 0 Å². The molecule has 98 valence electrons. The Hall–Kier alpha value is -2.43. The molecule has 0 unspecified atom stereocenters. The van der Waals surface area contributed by atoms with Gasteiger partial charge in [-0.25, -0.2) is 8.78 Å². The van der Waals surface area contributed by atoms with Crippen molar-refractivity contribution in [3.8, 4) is 5.75 Å². The molecule has 0 aliphatic carbocycles. The van der Waals surface area contributed by atoms with E-state index in [0.717, 1.165) is 12.1 Å². The van der Waals surface area contributed by atoms with E-state index < -0.39 is 17.5 Å². The molecule has 0 bridgehead atoms. The molecular formula is C14H11F2NO2. The highest BCUT2D eigenvalue weighted by Crippen LogP contribution is 2.12. The predicted molar refractivity (Wildman–Crippen MR) is 65.6 cm³/mol. The maximum atomic E-state index is 13.3. The number of hydrogen-bond donors (Lipinski definition) is 2. The molecule has 0 atom stereocenters. The zero-order valence-corrected chi connectivity index (χ0v) is 9.86. The van der Waals surface area contributed by atoms with E-state index in [2.05, 4.69) is 5.32 Å². The summed E-state index contributed by atoms with van der Waals surface area (Å²) in [5, 5.41) is 11.7. The Kier molecular flexibility index (Phi) is 3.75. The third kappa shape index (κ3) is 3.28. The molecule has 0 aliphatic heterocycles. The van der Waals surface area contributed by atoms with Gasteiger partial charge in [0.05, 0.1) is 0 Å². The van der Waals surface area contributed by atoms with E-state index in [1.807, 2.05) is 0 Å². The lowest BCUT2D eigenvalue weighted by molar-refractivity contribution is 0.0950. The highest BCUT2D eigenvalue weighted by Gasteiger charge is 2.08. The van der Waals surface area contributed by atoms with E-state index in [1.165, 1.54) is 30.3 Å². The third-order valence-corrected chi connectivity index (χ3v) is 2.56. The second-order valence-electron chi connectivity index (χ2n) is 3.97. The SMILES string of the molecule is O=C(NCc1ccc(F)cc1F)c1cccc(O)c1. The predicted octanol–water partition coefficient (Wildman–Crippen LogP) is 2.60. The maximum absolute atomic E-state index is 13.3. The zero-order chi connectivity index (χ0) is 13.8. The summed E-state index contributed by atoms with van der Waals surface area (Å²) in [5.74, 6) is -1.85. The standard InChI is InChI=1S/C14H11F2NO2/c15-11-5-4-10(13(16)7-11)8-17-14(19)9-2-1-3-12(18)6-9/h1-7,18H,8H2,(H,17,19). The van der Waals surface area contributed by atoms with Crippen molar-refractivity contribution in [2.75, 3.05) is 0 Å². The third-order valence-electron chi connectivity index (χ3n) is 2.56. The Morgan fingerprint density at radius 2 is 1.95 bits per heavy atom. The smallest absolute Gasteiger partial charge is 0.251 e. The fourth-order valence-electron chi connectivity index (χ4n) is 1.59. The van der Waals surface area contributed by atoms with Crippen molar-refractivity contribution in [2.45, 2.75) is 6.54 Å². The fourth-order valence-corrected chi connectivity index (χ4v) is 1.59. The average Bonchev–Trinajstić information content (AvgIpc) is 2.37. The van der Waals surface area contributed by atoms with E-state index in [-0.39, 0.29) is 23.4 Å². The monoisotopic (exact) mass is 263 g/mol. The number of rotatable bonds is 3. The summed E-state index contributed by atoms with van der Waals surface area (Å²) >= 11 is 0. The maximum Gasteiger partial charge on any atom is 0.251 e. The summed E-state index contributed by atoms with van der Waals surface area (Å²) in [6.07, 6.45) is 0. The first-order chi connectivity index (χ1) is 9.06. The van der Waals surface area contributed by atoms with Gasteiger partial charge in [0.15, 0.2) is 0 Å². The van der Waals surface area contributed by atoms with Crippen LogP contribution in [0, 0.1) is 11.6 Å². The molecule has 0 aromatic heterocycles. The van der Waals surface area contributed by atoms with Crippen molar-refractivity contribution < 1.29 is 18.7 Å². The lowest BCUT2D eigenvalue weighted by atomic mass is 10.1. The summed E-state index contributed by atoms with van der Waals surface area (Å²) in [4.78, 5) is 11.7. The van der Waals surface area contributed by atoms with Crippen LogP contribution in [-0.2, 0) is 6.54 Å². The van der Waals surface area contributed by atoms with Gasteiger partial charge in [-0.1, -0.05) is 12.1 Å². The number of amides is 1. The van der Waals surface area contributed by atoms with Crippen LogP contribution in [0.15, 0.2) is 42.5 Å². The van der Waals surface area contributed by atoms with Gasteiger partial charge in [-0.2, -0.15) is 0 Å². The largest absolute Gasteiger partial charge is 0.508 e. The molecule has 0 fully saturated rings. The Bertz CT molecular complexity index is 614. The van der Waals surface area contributed by atoms with Gasteiger partial charge in [-0.15, -0.1) is 0 Å². The van der Waals surface area contributed by atoms with Crippen molar-refractivity contribution in [3.63, 3.8) is 0 Å². The van der Waals surface area contributed by atoms with Gasteiger partial charge < -0.3 is 10.4 Å². The Morgan fingerprint density at radius 3 is 2.63 bits per heavy atom. The van der Waals surface area contributed by atoms with E-state index in [0.29, 0.717) is 0 Å². The van der Waals surface area contributed by atoms with Crippen molar-refractivity contribution in [2.24, 2.45) is 0 Å². The van der Waals surface area contributed by atoms with Crippen LogP contribution in [-0.4, -0.2) is 11.0 Å². The number of hydrogen-bond acceptors (Lipinski definition) is 2. The topological polar surface area (TPSA) is 49.3 Å². The summed E-state index contributed by atoms with van der Waals surface area (Å²) in [6.45, 7) is -0.0550. The van der Waals surface area contributed by atoms with Gasteiger partial charge in [0.25, 0.3) is 5.91 Å². The van der Waals surface area contributed by atoms with Crippen LogP contribution >= 0.6 is 0 Å². The van der Waals surface area contributed by atoms with Gasteiger partial charge in [0.1, 0.15) is 17.4 Å². The number of carbonyl (C=O) groups is 1. The molecule has 3 nitrogen and oxygen atoms in total. The molecule has 2 aromatic carbocycles. The lowest BCUT2D eigenvalue weighted by Gasteiger charge is -2.06. The van der Waals surface area contributed by atoms with E-state index in [1.54, 1.807) is 0 Å². The number of phenols is 1. The highest BCUT2D eigenvalue weighted by molar-refractivity contribution is 5.94. The number of benzene rings is 2. The van der Waals surface area contributed by atoms with E-state index in [9.17, 15) is 18.7 Å². The molecule has 0 heterocycles.